The number of aromatic nitrogens is 3. The Morgan fingerprint density at radius 2 is 1.86 bits per heavy atom. The average Bonchev–Trinajstić information content (AvgIpc) is 3.52. The Hall–Kier alpha value is -3.97. The fourth-order valence-electron chi connectivity index (χ4n) is 4.39. The summed E-state index contributed by atoms with van der Waals surface area (Å²) in [4.78, 5) is 5.72. The van der Waals surface area contributed by atoms with Crippen LogP contribution in [0.3, 0.4) is 0 Å². The first-order chi connectivity index (χ1) is 17.9. The number of hydrogen-bond acceptors (Lipinski definition) is 5. The maximum Gasteiger partial charge on any atom is 0.143 e. The van der Waals surface area contributed by atoms with Crippen LogP contribution in [0.25, 0.3) is 22.3 Å². The van der Waals surface area contributed by atoms with E-state index in [2.05, 4.69) is 66.5 Å². The summed E-state index contributed by atoms with van der Waals surface area (Å²) in [5.41, 5.74) is 4.98. The third kappa shape index (κ3) is 5.42. The molecule has 0 aliphatic carbocycles. The van der Waals surface area contributed by atoms with Crippen molar-refractivity contribution in [1.82, 2.24) is 20.1 Å². The van der Waals surface area contributed by atoms with E-state index < -0.39 is 0 Å². The Morgan fingerprint density at radius 1 is 1.05 bits per heavy atom. The first-order valence-corrected chi connectivity index (χ1v) is 13.1. The summed E-state index contributed by atoms with van der Waals surface area (Å²) in [6, 6.07) is 20.6. The van der Waals surface area contributed by atoms with Gasteiger partial charge in [-0.15, -0.1) is 11.3 Å². The standard InChI is InChI=1S/C30H29FN4OS/c1-5-27(30-32-17-20(3)37-30)34-21(4)29(22-8-6-7-19(2)15-22)36-26-13-14-28-23(16-26)18-33-35(28)25-11-9-24(31)10-12-25/h5-18,21,29,34H,1-4H3/b27-5-/t21-,29?/m0/s1. The van der Waals surface area contributed by atoms with E-state index in [0.29, 0.717) is 0 Å². The lowest BCUT2D eigenvalue weighted by Gasteiger charge is -2.28. The molecule has 0 saturated heterocycles. The molecule has 5 aromatic rings. The molecule has 5 nitrogen and oxygen atoms in total. The minimum Gasteiger partial charge on any atom is -0.484 e. The number of rotatable bonds is 8. The summed E-state index contributed by atoms with van der Waals surface area (Å²) in [5.74, 6) is 0.477. The molecule has 0 aliphatic heterocycles. The summed E-state index contributed by atoms with van der Waals surface area (Å²) >= 11 is 1.67. The van der Waals surface area contributed by atoms with E-state index in [0.717, 1.165) is 38.6 Å². The molecule has 0 saturated carbocycles. The van der Waals surface area contributed by atoms with E-state index in [-0.39, 0.29) is 18.0 Å². The van der Waals surface area contributed by atoms with Gasteiger partial charge in [-0.3, -0.25) is 0 Å². The van der Waals surface area contributed by atoms with E-state index in [4.69, 9.17) is 4.74 Å². The Labute approximate surface area is 220 Å². The molecule has 1 unspecified atom stereocenters. The largest absolute Gasteiger partial charge is 0.484 e. The van der Waals surface area contributed by atoms with Crippen LogP contribution in [0.4, 0.5) is 4.39 Å². The van der Waals surface area contributed by atoms with Crippen LogP contribution in [-0.4, -0.2) is 20.8 Å². The lowest BCUT2D eigenvalue weighted by Crippen LogP contribution is -2.34. The Morgan fingerprint density at radius 3 is 2.57 bits per heavy atom. The van der Waals surface area contributed by atoms with Gasteiger partial charge in [-0.2, -0.15) is 5.10 Å². The van der Waals surface area contributed by atoms with Gasteiger partial charge in [-0.05, 0) is 75.7 Å². The minimum absolute atomic E-state index is 0.0464. The van der Waals surface area contributed by atoms with Gasteiger partial charge in [0.1, 0.15) is 22.7 Å². The van der Waals surface area contributed by atoms with E-state index >= 15 is 0 Å². The number of benzene rings is 3. The van der Waals surface area contributed by atoms with Crippen molar-refractivity contribution in [3.05, 3.63) is 112 Å². The van der Waals surface area contributed by atoms with E-state index in [9.17, 15) is 4.39 Å². The number of allylic oxidation sites excluding steroid dienone is 1. The molecular formula is C30H29FN4OS. The van der Waals surface area contributed by atoms with Gasteiger partial charge in [0.15, 0.2) is 0 Å². The zero-order valence-electron chi connectivity index (χ0n) is 21.3. The van der Waals surface area contributed by atoms with Gasteiger partial charge in [0.2, 0.25) is 0 Å². The Bertz CT molecular complexity index is 1550. The van der Waals surface area contributed by atoms with Gasteiger partial charge in [0.05, 0.1) is 29.1 Å². The smallest absolute Gasteiger partial charge is 0.143 e. The van der Waals surface area contributed by atoms with Gasteiger partial charge in [0, 0.05) is 16.5 Å². The van der Waals surface area contributed by atoms with Crippen molar-refractivity contribution in [3.63, 3.8) is 0 Å². The van der Waals surface area contributed by atoms with Gasteiger partial charge >= 0.3 is 0 Å². The molecule has 2 aromatic heterocycles. The summed E-state index contributed by atoms with van der Waals surface area (Å²) in [7, 11) is 0. The Balaban J connectivity index is 1.44. The molecule has 0 aliphatic rings. The van der Waals surface area contributed by atoms with Crippen molar-refractivity contribution in [2.45, 2.75) is 39.8 Å². The molecule has 2 heterocycles. The lowest BCUT2D eigenvalue weighted by molar-refractivity contribution is 0.170. The lowest BCUT2D eigenvalue weighted by atomic mass is 10.0. The molecule has 0 fully saturated rings. The maximum absolute atomic E-state index is 13.4. The Kier molecular flexibility index (Phi) is 7.06. The first kappa shape index (κ1) is 24.7. The molecule has 0 amide bonds. The van der Waals surface area contributed by atoms with Crippen LogP contribution in [0, 0.1) is 19.7 Å². The number of fused-ring (bicyclic) bond motifs is 1. The molecule has 0 spiro atoms. The number of ether oxygens (including phenoxy) is 1. The molecule has 3 aromatic carbocycles. The molecule has 37 heavy (non-hydrogen) atoms. The summed E-state index contributed by atoms with van der Waals surface area (Å²) < 4.78 is 21.8. The van der Waals surface area contributed by atoms with Crippen molar-refractivity contribution in [3.8, 4) is 11.4 Å². The molecule has 5 rings (SSSR count). The SMILES string of the molecule is C/C=C(\N[C@@H](C)C(Oc1ccc2c(cnn2-c2ccc(F)cc2)c1)c1cccc(C)c1)c1ncc(C)s1. The van der Waals surface area contributed by atoms with Crippen LogP contribution in [0.5, 0.6) is 5.75 Å². The summed E-state index contributed by atoms with van der Waals surface area (Å²) in [5, 5.41) is 10.1. The maximum atomic E-state index is 13.4. The predicted octanol–water partition coefficient (Wildman–Crippen LogP) is 7.40. The second kappa shape index (κ2) is 10.6. The highest BCUT2D eigenvalue weighted by Gasteiger charge is 2.24. The highest BCUT2D eigenvalue weighted by atomic mass is 32.1. The van der Waals surface area contributed by atoms with Gasteiger partial charge < -0.3 is 10.1 Å². The third-order valence-corrected chi connectivity index (χ3v) is 7.17. The molecule has 2 atom stereocenters. The number of hydrogen-bond donors (Lipinski definition) is 1. The van der Waals surface area contributed by atoms with Gasteiger partial charge in [-0.1, -0.05) is 35.9 Å². The molecule has 1 N–H and O–H groups in total. The summed E-state index contributed by atoms with van der Waals surface area (Å²) in [6.45, 7) is 8.29. The highest BCUT2D eigenvalue weighted by Crippen LogP contribution is 2.30. The fourth-order valence-corrected chi connectivity index (χ4v) is 5.20. The number of halogens is 1. The highest BCUT2D eigenvalue weighted by molar-refractivity contribution is 7.12. The van der Waals surface area contributed by atoms with Crippen LogP contribution < -0.4 is 10.1 Å². The van der Waals surface area contributed by atoms with Crippen molar-refractivity contribution >= 4 is 27.9 Å². The minimum atomic E-state index is -0.271. The number of nitrogens with zero attached hydrogens (tertiary/aromatic N) is 3. The van der Waals surface area contributed by atoms with Crippen LogP contribution in [-0.2, 0) is 0 Å². The van der Waals surface area contributed by atoms with Gasteiger partial charge in [0.25, 0.3) is 0 Å². The van der Waals surface area contributed by atoms with Crippen LogP contribution in [0.1, 0.15) is 41.0 Å². The molecule has 7 heteroatoms. The fraction of sp³-hybridized carbons (Fsp3) is 0.200. The first-order valence-electron chi connectivity index (χ1n) is 12.2. The quantitative estimate of drug-likeness (QED) is 0.235. The second-order valence-corrected chi connectivity index (χ2v) is 10.4. The molecule has 0 radical (unpaired) electrons. The molecular weight excluding hydrogens is 483 g/mol. The van der Waals surface area contributed by atoms with Crippen LogP contribution in [0.2, 0.25) is 0 Å². The normalized spacial score (nSPS) is 13.5. The zero-order chi connectivity index (χ0) is 25.9. The predicted molar refractivity (Wildman–Crippen MR) is 149 cm³/mol. The van der Waals surface area contributed by atoms with Crippen LogP contribution in [0.15, 0.2) is 85.2 Å². The average molecular weight is 513 g/mol. The number of thiazole rings is 1. The van der Waals surface area contributed by atoms with E-state index in [1.807, 2.05) is 31.3 Å². The van der Waals surface area contributed by atoms with E-state index in [1.165, 1.54) is 22.6 Å². The second-order valence-electron chi connectivity index (χ2n) is 9.12. The van der Waals surface area contributed by atoms with Crippen molar-refractivity contribution in [2.24, 2.45) is 0 Å². The molecule has 188 valence electrons. The topological polar surface area (TPSA) is 52.0 Å². The monoisotopic (exact) mass is 512 g/mol. The van der Waals surface area contributed by atoms with E-state index in [1.54, 1.807) is 34.3 Å². The summed E-state index contributed by atoms with van der Waals surface area (Å²) in [6.07, 6.45) is 5.50. The third-order valence-electron chi connectivity index (χ3n) is 6.22. The van der Waals surface area contributed by atoms with Crippen LogP contribution >= 0.6 is 11.3 Å². The van der Waals surface area contributed by atoms with Crippen molar-refractivity contribution in [2.75, 3.05) is 0 Å². The molecule has 0 bridgehead atoms. The van der Waals surface area contributed by atoms with Crippen molar-refractivity contribution in [1.29, 1.82) is 0 Å². The zero-order valence-corrected chi connectivity index (χ0v) is 22.1. The number of nitrogens with one attached hydrogen (secondary N) is 1. The van der Waals surface area contributed by atoms with Gasteiger partial charge in [-0.25, -0.2) is 14.1 Å². The van der Waals surface area contributed by atoms with Crippen molar-refractivity contribution < 1.29 is 9.13 Å². The number of aryl methyl sites for hydroxylation is 2.